The van der Waals surface area contributed by atoms with Crippen LogP contribution in [0, 0.1) is 17.8 Å². The van der Waals surface area contributed by atoms with Gasteiger partial charge in [-0.25, -0.2) is 9.59 Å². The minimum Gasteiger partial charge on any atom is -0.490 e. The van der Waals surface area contributed by atoms with Crippen LogP contribution in [-0.2, 0) is 36.5 Å². The van der Waals surface area contributed by atoms with Gasteiger partial charge in [-0.2, -0.15) is 0 Å². The van der Waals surface area contributed by atoms with Gasteiger partial charge < -0.3 is 39.3 Å². The Kier molecular flexibility index (Phi) is 11.1. The number of aliphatic hydroxyl groups is 1. The van der Waals surface area contributed by atoms with Gasteiger partial charge in [0.25, 0.3) is 0 Å². The lowest BCUT2D eigenvalue weighted by Crippen LogP contribution is -2.50. The maximum atomic E-state index is 12.5. The number of carbonyl (C=O) groups excluding carboxylic acids is 1. The summed E-state index contributed by atoms with van der Waals surface area (Å²) in [6.45, 7) is 8.60. The van der Waals surface area contributed by atoms with E-state index in [0.717, 1.165) is 51.4 Å². The zero-order valence-electron chi connectivity index (χ0n) is 30.7. The van der Waals surface area contributed by atoms with Crippen molar-refractivity contribution in [2.45, 2.75) is 101 Å². The van der Waals surface area contributed by atoms with Crippen molar-refractivity contribution in [3.05, 3.63) is 58.1 Å². The van der Waals surface area contributed by atoms with Crippen molar-refractivity contribution in [3.8, 4) is 5.75 Å². The van der Waals surface area contributed by atoms with Crippen molar-refractivity contribution in [1.29, 1.82) is 0 Å². The summed E-state index contributed by atoms with van der Waals surface area (Å²) in [6.07, 6.45) is 6.40. The minimum absolute atomic E-state index is 0.00138. The van der Waals surface area contributed by atoms with E-state index >= 15 is 0 Å². The molecule has 1 unspecified atom stereocenters. The predicted octanol–water partition coefficient (Wildman–Crippen LogP) is 6.64. The highest BCUT2D eigenvalue weighted by Gasteiger charge is 2.47. The van der Waals surface area contributed by atoms with Crippen LogP contribution >= 0.6 is 11.6 Å². The van der Waals surface area contributed by atoms with Crippen molar-refractivity contribution >= 4 is 35.3 Å². The van der Waals surface area contributed by atoms with E-state index in [1.165, 1.54) is 17.2 Å². The average Bonchev–Trinajstić information content (AvgIpc) is 3.21. The molecule has 1 saturated carbocycles. The molecule has 0 aromatic heterocycles. The Bertz CT molecular complexity index is 1660. The molecule has 12 heteroatoms. The molecule has 2 heterocycles. The molecule has 2 aromatic rings. The second-order valence-electron chi connectivity index (χ2n) is 16.5. The quantitative estimate of drug-likeness (QED) is 0.242. The fourth-order valence-electron chi connectivity index (χ4n) is 8.75. The normalized spacial score (nSPS) is 26.8. The number of aryl methyl sites for hydroxylation is 1. The van der Waals surface area contributed by atoms with Crippen molar-refractivity contribution in [1.82, 2.24) is 4.90 Å². The number of amides is 1. The highest BCUT2D eigenvalue weighted by Crippen LogP contribution is 2.48. The van der Waals surface area contributed by atoms with Crippen LogP contribution in [0.25, 0.3) is 0 Å². The van der Waals surface area contributed by atoms with Gasteiger partial charge in [0.05, 0.1) is 24.8 Å². The SMILES string of the molecule is CN(CC[C@@H]1CCO[C@H]([C@@H]2CC[C@H]2CN2C[C@@]3(CCCc4cc(Cl)ccc43)COc3ccc(C(O)(CC(=O)O)C(=O)O)cc32)C1)C(=O)OC(C)(C)C. The standard InChI is InChI=1S/C40H53ClN2O9/c1-38(2,3)52-37(48)42(4)16-13-25-14-17-50-34(18-25)30-10-7-27(30)22-43-23-39(15-5-6-26-19-29(41)9-11-31(26)39)24-51-33-12-8-28(20-32(33)43)40(49,36(46)47)21-35(44)45/h8-9,11-12,19-20,25,27,30,34,49H,5-7,10,13-18,21-24H2,1-4H3,(H,44,45)(H,46,47)/t25-,27+,30-,34+,39+,40?/m1/s1. The zero-order valence-corrected chi connectivity index (χ0v) is 31.5. The van der Waals surface area contributed by atoms with Crippen molar-refractivity contribution in [3.63, 3.8) is 0 Å². The second-order valence-corrected chi connectivity index (χ2v) is 17.0. The fraction of sp³-hybridized carbons (Fsp3) is 0.625. The van der Waals surface area contributed by atoms with Gasteiger partial charge in [0.1, 0.15) is 11.4 Å². The molecule has 0 radical (unpaired) electrons. The second kappa shape index (κ2) is 15.1. The van der Waals surface area contributed by atoms with Crippen molar-refractivity contribution < 1.29 is 43.9 Å². The highest BCUT2D eigenvalue weighted by atomic mass is 35.5. The first kappa shape index (κ1) is 38.2. The van der Waals surface area contributed by atoms with E-state index in [9.17, 15) is 29.7 Å². The molecule has 0 bridgehead atoms. The molecule has 1 amide bonds. The van der Waals surface area contributed by atoms with Crippen LogP contribution in [0.5, 0.6) is 5.75 Å². The number of benzene rings is 2. The lowest BCUT2D eigenvalue weighted by atomic mass is 9.67. The summed E-state index contributed by atoms with van der Waals surface area (Å²) < 4.78 is 18.5. The van der Waals surface area contributed by atoms with Crippen LogP contribution in [0.1, 0.15) is 88.8 Å². The van der Waals surface area contributed by atoms with E-state index in [-0.39, 0.29) is 23.2 Å². The zero-order chi connectivity index (χ0) is 37.4. The van der Waals surface area contributed by atoms with Gasteiger partial charge in [-0.1, -0.05) is 23.7 Å². The summed E-state index contributed by atoms with van der Waals surface area (Å²) >= 11 is 6.44. The Morgan fingerprint density at radius 2 is 1.88 bits per heavy atom. The summed E-state index contributed by atoms with van der Waals surface area (Å²) in [7, 11) is 1.78. The largest absolute Gasteiger partial charge is 0.490 e. The molecule has 1 spiro atoms. The Morgan fingerprint density at radius 3 is 2.58 bits per heavy atom. The van der Waals surface area contributed by atoms with Gasteiger partial charge in [0.15, 0.2) is 5.60 Å². The predicted molar refractivity (Wildman–Crippen MR) is 196 cm³/mol. The van der Waals surface area contributed by atoms with Crippen LogP contribution in [0.3, 0.4) is 0 Å². The number of carboxylic acids is 2. The molecule has 52 heavy (non-hydrogen) atoms. The molecule has 6 rings (SSSR count). The van der Waals surface area contributed by atoms with Crippen LogP contribution in [0.2, 0.25) is 5.02 Å². The molecular formula is C40H53ClN2O9. The van der Waals surface area contributed by atoms with Gasteiger partial charge >= 0.3 is 18.0 Å². The van der Waals surface area contributed by atoms with Crippen LogP contribution in [0.4, 0.5) is 10.5 Å². The van der Waals surface area contributed by atoms with Crippen molar-refractivity contribution in [2.75, 3.05) is 44.8 Å². The third-order valence-electron chi connectivity index (χ3n) is 11.7. The Labute approximate surface area is 311 Å². The number of hydrogen-bond acceptors (Lipinski definition) is 8. The van der Waals surface area contributed by atoms with Crippen LogP contribution < -0.4 is 9.64 Å². The molecule has 2 aromatic carbocycles. The van der Waals surface area contributed by atoms with E-state index in [1.807, 2.05) is 32.9 Å². The van der Waals surface area contributed by atoms with Gasteiger partial charge in [-0.15, -0.1) is 0 Å². The molecule has 11 nitrogen and oxygen atoms in total. The maximum Gasteiger partial charge on any atom is 0.410 e. The Hall–Kier alpha value is -3.54. The number of hydrogen-bond donors (Lipinski definition) is 3. The molecule has 6 atom stereocenters. The van der Waals surface area contributed by atoms with E-state index in [2.05, 4.69) is 11.0 Å². The first-order valence-electron chi connectivity index (χ1n) is 18.6. The summed E-state index contributed by atoms with van der Waals surface area (Å²) in [4.78, 5) is 40.5. The average molecular weight is 741 g/mol. The summed E-state index contributed by atoms with van der Waals surface area (Å²) in [5.74, 6) is -1.40. The van der Waals surface area contributed by atoms with Gasteiger partial charge in [0, 0.05) is 43.7 Å². The third-order valence-corrected chi connectivity index (χ3v) is 11.9. The molecule has 1 saturated heterocycles. The first-order chi connectivity index (χ1) is 24.6. The van der Waals surface area contributed by atoms with Crippen LogP contribution in [-0.4, -0.2) is 89.9 Å². The number of fused-ring (bicyclic) bond motifs is 3. The smallest absolute Gasteiger partial charge is 0.410 e. The number of rotatable bonds is 10. The Balaban J connectivity index is 1.25. The lowest BCUT2D eigenvalue weighted by molar-refractivity contribution is -0.166. The van der Waals surface area contributed by atoms with Crippen LogP contribution in [0.15, 0.2) is 36.4 Å². The molecule has 2 aliphatic carbocycles. The topological polar surface area (TPSA) is 146 Å². The van der Waals surface area contributed by atoms with Gasteiger partial charge in [0.2, 0.25) is 0 Å². The molecular weight excluding hydrogens is 688 g/mol. The number of aliphatic carboxylic acids is 2. The van der Waals surface area contributed by atoms with Gasteiger partial charge in [-0.3, -0.25) is 4.79 Å². The molecule has 3 N–H and O–H groups in total. The summed E-state index contributed by atoms with van der Waals surface area (Å²) in [5.41, 5.74) is -0.440. The summed E-state index contributed by atoms with van der Waals surface area (Å²) in [6, 6.07) is 10.8. The lowest BCUT2D eigenvalue weighted by Gasteiger charge is -2.48. The number of carbonyl (C=O) groups is 3. The summed E-state index contributed by atoms with van der Waals surface area (Å²) in [5, 5.41) is 31.5. The minimum atomic E-state index is -2.60. The molecule has 284 valence electrons. The van der Waals surface area contributed by atoms with E-state index < -0.39 is 29.6 Å². The monoisotopic (exact) mass is 740 g/mol. The fourth-order valence-corrected chi connectivity index (χ4v) is 8.95. The number of carboxylic acid groups (broad SMARTS) is 2. The highest BCUT2D eigenvalue weighted by molar-refractivity contribution is 6.30. The van der Waals surface area contributed by atoms with Crippen molar-refractivity contribution in [2.24, 2.45) is 17.8 Å². The van der Waals surface area contributed by atoms with Gasteiger partial charge in [-0.05, 0) is 131 Å². The van der Waals surface area contributed by atoms with E-state index in [4.69, 9.17) is 25.8 Å². The molecule has 4 aliphatic rings. The third kappa shape index (κ3) is 8.16. The number of nitrogens with zero attached hydrogens (tertiary/aromatic N) is 2. The van der Waals surface area contributed by atoms with E-state index in [0.29, 0.717) is 67.1 Å². The Morgan fingerprint density at radius 1 is 1.10 bits per heavy atom. The number of ether oxygens (including phenoxy) is 3. The maximum absolute atomic E-state index is 12.5. The number of halogens is 1. The molecule has 2 fully saturated rings. The van der Waals surface area contributed by atoms with E-state index in [1.54, 1.807) is 24.1 Å². The number of anilines is 1. The molecule has 2 aliphatic heterocycles. The first-order valence-corrected chi connectivity index (χ1v) is 19.0.